The largest absolute Gasteiger partial charge is 0.493 e. The fraction of sp³-hybridized carbons (Fsp3) is 0.450. The molecule has 1 unspecified atom stereocenters. The van der Waals surface area contributed by atoms with Crippen molar-refractivity contribution in [3.8, 4) is 11.5 Å². The van der Waals surface area contributed by atoms with Crippen LogP contribution in [0.2, 0.25) is 0 Å². The van der Waals surface area contributed by atoms with Crippen LogP contribution < -0.4 is 14.8 Å². The number of methoxy groups -OCH3 is 2. The first-order valence-corrected chi connectivity index (χ1v) is 9.48. The molecule has 0 bridgehead atoms. The van der Waals surface area contributed by atoms with E-state index in [0.717, 1.165) is 24.1 Å². The lowest BCUT2D eigenvalue weighted by Crippen LogP contribution is -2.31. The van der Waals surface area contributed by atoms with Gasteiger partial charge in [-0.15, -0.1) is 0 Å². The summed E-state index contributed by atoms with van der Waals surface area (Å²) in [4.78, 5) is 17.5. The monoisotopic (exact) mass is 384 g/mol. The average Bonchev–Trinajstić information content (AvgIpc) is 3.12. The molecular formula is C20H24N4O4. The molecule has 2 heterocycles. The Morgan fingerprint density at radius 2 is 2.14 bits per heavy atom. The van der Waals surface area contributed by atoms with Gasteiger partial charge in [0.2, 0.25) is 5.95 Å². The number of para-hydroxylation sites is 1. The van der Waals surface area contributed by atoms with Gasteiger partial charge in [-0.3, -0.25) is 4.79 Å². The third kappa shape index (κ3) is 3.03. The van der Waals surface area contributed by atoms with Crippen molar-refractivity contribution in [1.29, 1.82) is 0 Å². The van der Waals surface area contributed by atoms with Gasteiger partial charge in [-0.05, 0) is 25.3 Å². The Kier molecular flexibility index (Phi) is 5.04. The van der Waals surface area contributed by atoms with Crippen LogP contribution in [-0.4, -0.2) is 46.5 Å². The summed E-state index contributed by atoms with van der Waals surface area (Å²) in [6, 6.07) is 5.22. The number of hydrogen-bond donors (Lipinski definition) is 2. The maximum Gasteiger partial charge on any atom is 0.226 e. The standard InChI is InChI=1S/C20H24N4O4/c1-27-15-9-3-6-12(19(15)28-2)18-17-13(7-4-8-14(17)26)21-20-22-16(10-5-11-25)23-24(18)20/h3,6,9,18,25H,4-5,7-8,10-11H2,1-2H3,(H,21,22,23). The highest BCUT2D eigenvalue weighted by molar-refractivity contribution is 5.99. The second-order valence-corrected chi connectivity index (χ2v) is 6.90. The number of allylic oxidation sites excluding steroid dienone is 2. The van der Waals surface area contributed by atoms with Gasteiger partial charge in [0.05, 0.1) is 14.2 Å². The molecular weight excluding hydrogens is 360 g/mol. The summed E-state index contributed by atoms with van der Waals surface area (Å²) in [5, 5.41) is 17.1. The van der Waals surface area contributed by atoms with Crippen molar-refractivity contribution in [1.82, 2.24) is 14.8 Å². The van der Waals surface area contributed by atoms with E-state index < -0.39 is 6.04 Å². The van der Waals surface area contributed by atoms with E-state index >= 15 is 0 Å². The number of aliphatic hydroxyl groups is 1. The molecule has 8 heteroatoms. The molecule has 1 aliphatic heterocycles. The molecule has 1 aromatic carbocycles. The third-order valence-corrected chi connectivity index (χ3v) is 5.20. The van der Waals surface area contributed by atoms with Gasteiger partial charge in [0.15, 0.2) is 23.1 Å². The van der Waals surface area contributed by atoms with Crippen molar-refractivity contribution < 1.29 is 19.4 Å². The number of carbonyl (C=O) groups excluding carboxylic acids is 1. The number of benzene rings is 1. The maximum atomic E-state index is 12.9. The number of nitrogens with one attached hydrogen (secondary N) is 1. The van der Waals surface area contributed by atoms with Gasteiger partial charge in [-0.1, -0.05) is 12.1 Å². The summed E-state index contributed by atoms with van der Waals surface area (Å²) in [7, 11) is 3.18. The molecule has 2 aliphatic rings. The Morgan fingerprint density at radius 1 is 1.29 bits per heavy atom. The quantitative estimate of drug-likeness (QED) is 0.788. The molecule has 148 valence electrons. The number of carbonyl (C=O) groups is 1. The minimum Gasteiger partial charge on any atom is -0.493 e. The fourth-order valence-corrected chi connectivity index (χ4v) is 3.96. The van der Waals surface area contributed by atoms with Gasteiger partial charge in [-0.25, -0.2) is 4.68 Å². The molecule has 2 N–H and O–H groups in total. The Hall–Kier alpha value is -2.87. The zero-order valence-electron chi connectivity index (χ0n) is 16.1. The van der Waals surface area contributed by atoms with Crippen LogP contribution in [0.3, 0.4) is 0 Å². The summed E-state index contributed by atoms with van der Waals surface area (Å²) in [5.41, 5.74) is 2.43. The molecule has 4 rings (SSSR count). The van der Waals surface area contributed by atoms with Gasteiger partial charge in [0, 0.05) is 36.3 Å². The molecule has 28 heavy (non-hydrogen) atoms. The van der Waals surface area contributed by atoms with Crippen molar-refractivity contribution >= 4 is 11.7 Å². The second-order valence-electron chi connectivity index (χ2n) is 6.90. The lowest BCUT2D eigenvalue weighted by molar-refractivity contribution is -0.116. The molecule has 0 saturated heterocycles. The number of ketones is 1. The minimum atomic E-state index is -0.431. The van der Waals surface area contributed by atoms with E-state index in [2.05, 4.69) is 15.4 Å². The van der Waals surface area contributed by atoms with Crippen LogP contribution in [0.15, 0.2) is 29.5 Å². The summed E-state index contributed by atoms with van der Waals surface area (Å²) in [6.07, 6.45) is 3.28. The minimum absolute atomic E-state index is 0.0810. The number of anilines is 1. The van der Waals surface area contributed by atoms with E-state index in [-0.39, 0.29) is 12.4 Å². The van der Waals surface area contributed by atoms with E-state index in [1.807, 2.05) is 18.2 Å². The van der Waals surface area contributed by atoms with Crippen molar-refractivity contribution in [3.05, 3.63) is 40.9 Å². The van der Waals surface area contributed by atoms with Crippen LogP contribution >= 0.6 is 0 Å². The van der Waals surface area contributed by atoms with E-state index in [1.54, 1.807) is 18.9 Å². The summed E-state index contributed by atoms with van der Waals surface area (Å²) < 4.78 is 12.9. The number of hydrogen-bond acceptors (Lipinski definition) is 7. The Labute approximate surface area is 163 Å². The van der Waals surface area contributed by atoms with Crippen molar-refractivity contribution in [2.75, 3.05) is 26.1 Å². The third-order valence-electron chi connectivity index (χ3n) is 5.20. The number of ether oxygens (including phenoxy) is 2. The molecule has 0 spiro atoms. The summed E-state index contributed by atoms with van der Waals surface area (Å²) >= 11 is 0. The van der Waals surface area contributed by atoms with E-state index in [4.69, 9.17) is 14.6 Å². The lowest BCUT2D eigenvalue weighted by Gasteiger charge is -2.32. The van der Waals surface area contributed by atoms with Gasteiger partial charge >= 0.3 is 0 Å². The predicted octanol–water partition coefficient (Wildman–Crippen LogP) is 2.24. The fourth-order valence-electron chi connectivity index (χ4n) is 3.96. The molecule has 1 aromatic heterocycles. The highest BCUT2D eigenvalue weighted by Gasteiger charge is 2.38. The first-order valence-electron chi connectivity index (χ1n) is 9.48. The Balaban J connectivity index is 1.89. The van der Waals surface area contributed by atoms with Gasteiger partial charge < -0.3 is 19.9 Å². The number of aromatic nitrogens is 3. The number of aryl methyl sites for hydroxylation is 1. The number of Topliss-reactive ketones (excluding diaryl/α,β-unsaturated/α-hetero) is 1. The Morgan fingerprint density at radius 3 is 2.89 bits per heavy atom. The molecule has 1 atom stereocenters. The number of rotatable bonds is 6. The molecule has 0 fully saturated rings. The van der Waals surface area contributed by atoms with Crippen LogP contribution in [0.25, 0.3) is 0 Å². The normalized spacial score (nSPS) is 18.4. The molecule has 2 aromatic rings. The smallest absolute Gasteiger partial charge is 0.226 e. The van der Waals surface area contributed by atoms with E-state index in [9.17, 15) is 4.79 Å². The number of fused-ring (bicyclic) bond motifs is 1. The highest BCUT2D eigenvalue weighted by Crippen LogP contribution is 2.45. The maximum absolute atomic E-state index is 12.9. The van der Waals surface area contributed by atoms with Crippen molar-refractivity contribution in [2.24, 2.45) is 0 Å². The van der Waals surface area contributed by atoms with Crippen LogP contribution in [-0.2, 0) is 11.2 Å². The van der Waals surface area contributed by atoms with Crippen molar-refractivity contribution in [3.63, 3.8) is 0 Å². The van der Waals surface area contributed by atoms with Crippen LogP contribution in [0.1, 0.15) is 43.1 Å². The highest BCUT2D eigenvalue weighted by atomic mass is 16.5. The van der Waals surface area contributed by atoms with E-state index in [0.29, 0.717) is 48.1 Å². The first-order chi connectivity index (χ1) is 13.7. The number of nitrogens with zero attached hydrogens (tertiary/aromatic N) is 3. The molecule has 1 aliphatic carbocycles. The summed E-state index contributed by atoms with van der Waals surface area (Å²) in [5.74, 6) is 2.54. The number of aliphatic hydroxyl groups excluding tert-OH is 1. The lowest BCUT2D eigenvalue weighted by atomic mass is 9.85. The molecule has 0 amide bonds. The second kappa shape index (κ2) is 7.63. The Bertz CT molecular complexity index is 934. The van der Waals surface area contributed by atoms with Crippen LogP contribution in [0.5, 0.6) is 11.5 Å². The molecule has 0 radical (unpaired) electrons. The van der Waals surface area contributed by atoms with E-state index in [1.165, 1.54) is 0 Å². The van der Waals surface area contributed by atoms with Gasteiger partial charge in [-0.2, -0.15) is 10.1 Å². The average molecular weight is 384 g/mol. The zero-order valence-corrected chi connectivity index (χ0v) is 16.1. The zero-order chi connectivity index (χ0) is 19.7. The van der Waals surface area contributed by atoms with Crippen molar-refractivity contribution in [2.45, 2.75) is 38.1 Å². The van der Waals surface area contributed by atoms with Crippen LogP contribution in [0, 0.1) is 0 Å². The SMILES string of the molecule is COc1cccc(C2C3=C(CCCC3=O)Nc3nc(CCCO)nn32)c1OC. The van der Waals surface area contributed by atoms with Gasteiger partial charge in [0.25, 0.3) is 0 Å². The predicted molar refractivity (Wildman–Crippen MR) is 103 cm³/mol. The molecule has 0 saturated carbocycles. The summed E-state index contributed by atoms with van der Waals surface area (Å²) in [6.45, 7) is 0.0810. The topological polar surface area (TPSA) is 98.5 Å². The van der Waals surface area contributed by atoms with Gasteiger partial charge in [0.1, 0.15) is 6.04 Å². The first kappa shape index (κ1) is 18.5. The van der Waals surface area contributed by atoms with Crippen LogP contribution in [0.4, 0.5) is 5.95 Å². The molecule has 8 nitrogen and oxygen atoms in total.